The van der Waals surface area contributed by atoms with Crippen LogP contribution in [-0.2, 0) is 0 Å². The Bertz CT molecular complexity index is 152. The Hall–Kier alpha value is 0.543. The Morgan fingerprint density at radius 3 is 1.57 bits per heavy atom. The third-order valence-electron chi connectivity index (χ3n) is 3.87. The Balaban J connectivity index is 2.47. The van der Waals surface area contributed by atoms with Crippen molar-refractivity contribution in [1.82, 2.24) is 0 Å². The van der Waals surface area contributed by atoms with E-state index in [9.17, 15) is 0 Å². The monoisotopic (exact) mass is 257 g/mol. The van der Waals surface area contributed by atoms with Crippen molar-refractivity contribution in [1.29, 1.82) is 0 Å². The van der Waals surface area contributed by atoms with E-state index in [-0.39, 0.29) is 0 Å². The van der Waals surface area contributed by atoms with Crippen LogP contribution in [0.15, 0.2) is 0 Å². The molecule has 0 aromatic carbocycles. The van der Waals surface area contributed by atoms with Gasteiger partial charge in [0.25, 0.3) is 0 Å². The summed E-state index contributed by atoms with van der Waals surface area (Å²) in [6, 6.07) is 0. The van der Waals surface area contributed by atoms with Gasteiger partial charge in [0, 0.05) is 0 Å². The van der Waals surface area contributed by atoms with E-state index in [1.165, 1.54) is 12.8 Å². The van der Waals surface area contributed by atoms with Gasteiger partial charge in [-0.25, -0.2) is 0 Å². The predicted octanol–water partition coefficient (Wildman–Crippen LogP) is 4.74. The molecule has 1 aliphatic heterocycles. The van der Waals surface area contributed by atoms with Crippen LogP contribution >= 0.6 is 0 Å². The van der Waals surface area contributed by atoms with Crippen molar-refractivity contribution >= 4 is 14.3 Å². The van der Waals surface area contributed by atoms with E-state index < -0.39 is 14.3 Å². The first kappa shape index (κ1) is 12.6. The van der Waals surface area contributed by atoms with Crippen molar-refractivity contribution in [2.24, 2.45) is 11.3 Å². The Morgan fingerprint density at radius 2 is 1.29 bits per heavy atom. The van der Waals surface area contributed by atoms with Crippen LogP contribution < -0.4 is 0 Å². The molecule has 1 saturated heterocycles. The first-order valence-electron chi connectivity index (χ1n) is 6.06. The molecule has 0 aromatic heterocycles. The van der Waals surface area contributed by atoms with Gasteiger partial charge in [0.2, 0.25) is 0 Å². The molecule has 1 heterocycles. The van der Waals surface area contributed by atoms with Crippen molar-refractivity contribution in [2.45, 2.75) is 69.1 Å². The summed E-state index contributed by atoms with van der Waals surface area (Å²) < 4.78 is 0.697. The first-order chi connectivity index (χ1) is 6.21. The van der Waals surface area contributed by atoms with Gasteiger partial charge in [-0.15, -0.1) is 0 Å². The minimum absolute atomic E-state index is 0.557. The molecular weight excluding hydrogens is 229 g/mol. The molecule has 1 radical (unpaired) electrons. The molecule has 0 aromatic rings. The fourth-order valence-electron chi connectivity index (χ4n) is 2.58. The van der Waals surface area contributed by atoms with Gasteiger partial charge in [0.15, 0.2) is 0 Å². The van der Waals surface area contributed by atoms with E-state index in [1.54, 1.807) is 10.5 Å². The van der Waals surface area contributed by atoms with Gasteiger partial charge in [0.05, 0.1) is 0 Å². The predicted molar refractivity (Wildman–Crippen MR) is 67.3 cm³/mol. The molecule has 1 aliphatic rings. The molecule has 0 amide bonds. The summed E-state index contributed by atoms with van der Waals surface area (Å²) in [4.78, 5) is 0. The van der Waals surface area contributed by atoms with E-state index in [0.29, 0.717) is 9.66 Å². The number of hydrogen-bond acceptors (Lipinski definition) is 0. The van der Waals surface area contributed by atoms with Crippen LogP contribution in [0.25, 0.3) is 0 Å². The van der Waals surface area contributed by atoms with Gasteiger partial charge in [-0.3, -0.25) is 0 Å². The summed E-state index contributed by atoms with van der Waals surface area (Å²) in [6.07, 6.45) is 3.05. The van der Waals surface area contributed by atoms with E-state index in [0.717, 1.165) is 5.92 Å². The second-order valence-electron chi connectivity index (χ2n) is 6.99. The van der Waals surface area contributed by atoms with Gasteiger partial charge in [-0.2, -0.15) is 0 Å². The fraction of sp³-hybridized carbons (Fsp3) is 1.00. The molecule has 83 valence electrons. The molecule has 0 bridgehead atoms. The molecule has 14 heavy (non-hydrogen) atoms. The summed E-state index contributed by atoms with van der Waals surface area (Å²) in [5.41, 5.74) is 0.557. The van der Waals surface area contributed by atoms with Crippen LogP contribution in [0.2, 0.25) is 14.8 Å². The molecule has 1 heteroatoms. The third-order valence-corrected chi connectivity index (χ3v) is 12.1. The van der Waals surface area contributed by atoms with Gasteiger partial charge < -0.3 is 0 Å². The molecule has 0 aliphatic carbocycles. The standard InChI is InChI=1S/C13H27Ge/c1-12(2,3)11-7-9-14(10-8-11)13(4,5)6/h11H,7-10H2,1-6H3. The summed E-state index contributed by atoms with van der Waals surface area (Å²) >= 11 is -0.702. The van der Waals surface area contributed by atoms with Crippen molar-refractivity contribution in [3.05, 3.63) is 0 Å². The van der Waals surface area contributed by atoms with E-state index in [4.69, 9.17) is 0 Å². The van der Waals surface area contributed by atoms with Gasteiger partial charge >= 0.3 is 94.8 Å². The Morgan fingerprint density at radius 1 is 0.857 bits per heavy atom. The number of rotatable bonds is 0. The second kappa shape index (κ2) is 4.19. The van der Waals surface area contributed by atoms with Crippen LogP contribution in [0.1, 0.15) is 54.4 Å². The van der Waals surface area contributed by atoms with Crippen LogP contribution in [0.4, 0.5) is 0 Å². The molecule has 0 atom stereocenters. The molecule has 0 unspecified atom stereocenters. The summed E-state index contributed by atoms with van der Waals surface area (Å²) in [5.74, 6) is 1.00. The van der Waals surface area contributed by atoms with Crippen molar-refractivity contribution in [3.63, 3.8) is 0 Å². The maximum absolute atomic E-state index is 2.47. The Kier molecular flexibility index (Phi) is 3.78. The molecule has 0 spiro atoms. The van der Waals surface area contributed by atoms with Crippen LogP contribution in [-0.4, -0.2) is 14.3 Å². The summed E-state index contributed by atoms with van der Waals surface area (Å²) in [5, 5.41) is 3.23. The van der Waals surface area contributed by atoms with Crippen molar-refractivity contribution < 1.29 is 0 Å². The summed E-state index contributed by atoms with van der Waals surface area (Å²) in [6.45, 7) is 14.7. The molecule has 0 nitrogen and oxygen atoms in total. The zero-order valence-corrected chi connectivity index (χ0v) is 13.0. The van der Waals surface area contributed by atoms with Crippen molar-refractivity contribution in [2.75, 3.05) is 0 Å². The van der Waals surface area contributed by atoms with Gasteiger partial charge in [-0.05, 0) is 0 Å². The van der Waals surface area contributed by atoms with Crippen LogP contribution in [0, 0.1) is 11.3 Å². The first-order valence-corrected chi connectivity index (χ1v) is 10.1. The summed E-state index contributed by atoms with van der Waals surface area (Å²) in [7, 11) is 0. The average molecular weight is 256 g/mol. The molecule has 0 N–H and O–H groups in total. The normalized spacial score (nSPS) is 22.7. The fourth-order valence-corrected chi connectivity index (χ4v) is 9.18. The van der Waals surface area contributed by atoms with E-state index >= 15 is 0 Å². The van der Waals surface area contributed by atoms with E-state index in [1.807, 2.05) is 0 Å². The van der Waals surface area contributed by atoms with Crippen molar-refractivity contribution in [3.8, 4) is 0 Å². The third kappa shape index (κ3) is 3.29. The Labute approximate surface area is 95.0 Å². The average Bonchev–Trinajstić information content (AvgIpc) is 2.01. The zero-order chi connectivity index (χ0) is 11.0. The molecule has 1 fully saturated rings. The van der Waals surface area contributed by atoms with Crippen LogP contribution in [0.5, 0.6) is 0 Å². The molecule has 0 saturated carbocycles. The quantitative estimate of drug-likeness (QED) is 0.549. The topological polar surface area (TPSA) is 0 Å². The van der Waals surface area contributed by atoms with Gasteiger partial charge in [-0.1, -0.05) is 0 Å². The maximum atomic E-state index is 2.47. The SMILES string of the molecule is CC(C)(C)C1C[CH2][Ge]([C](C)(C)C)[CH2]C1. The second-order valence-corrected chi connectivity index (χ2v) is 14.8. The zero-order valence-electron chi connectivity index (χ0n) is 10.9. The van der Waals surface area contributed by atoms with Gasteiger partial charge in [0.1, 0.15) is 0 Å². The van der Waals surface area contributed by atoms with Crippen LogP contribution in [0.3, 0.4) is 0 Å². The number of hydrogen-bond donors (Lipinski definition) is 0. The minimum atomic E-state index is -0.702. The molecule has 1 rings (SSSR count). The van der Waals surface area contributed by atoms with E-state index in [2.05, 4.69) is 41.5 Å². The molecular formula is C13H27Ge.